The predicted molar refractivity (Wildman–Crippen MR) is 119 cm³/mol. The maximum atomic E-state index is 13.7. The van der Waals surface area contributed by atoms with Gasteiger partial charge in [0.15, 0.2) is 6.10 Å². The van der Waals surface area contributed by atoms with E-state index in [4.69, 9.17) is 22.1 Å². The van der Waals surface area contributed by atoms with E-state index in [2.05, 4.69) is 5.32 Å². The topological polar surface area (TPSA) is 119 Å². The molecule has 1 fully saturated rings. The van der Waals surface area contributed by atoms with Crippen LogP contribution in [0, 0.1) is 0 Å². The van der Waals surface area contributed by atoms with Crippen molar-refractivity contribution >= 4 is 52.7 Å². The number of anilines is 1. The van der Waals surface area contributed by atoms with Crippen molar-refractivity contribution in [2.75, 3.05) is 11.4 Å². The number of hydrogen-bond acceptors (Lipinski definition) is 6. The minimum atomic E-state index is -1.04. The third-order valence-electron chi connectivity index (χ3n) is 5.22. The molecule has 3 N–H and O–H groups in total. The van der Waals surface area contributed by atoms with Crippen LogP contribution in [0.25, 0.3) is 0 Å². The zero-order chi connectivity index (χ0) is 22.8. The van der Waals surface area contributed by atoms with Crippen molar-refractivity contribution in [1.82, 2.24) is 5.32 Å². The summed E-state index contributed by atoms with van der Waals surface area (Å²) >= 11 is 7.56. The Morgan fingerprint density at radius 3 is 2.59 bits per heavy atom. The maximum absolute atomic E-state index is 13.7. The number of fused-ring (bicyclic) bond motifs is 1. The van der Waals surface area contributed by atoms with Gasteiger partial charge in [0.1, 0.15) is 12.6 Å². The molecule has 2 aliphatic heterocycles. The summed E-state index contributed by atoms with van der Waals surface area (Å²) in [7, 11) is 0. The first kappa shape index (κ1) is 22.2. The van der Waals surface area contributed by atoms with Crippen LogP contribution in [-0.2, 0) is 23.9 Å². The number of nitrogens with one attached hydrogen (secondary N) is 1. The lowest BCUT2D eigenvalue weighted by Gasteiger charge is -2.28. The van der Waals surface area contributed by atoms with Gasteiger partial charge in [0.05, 0.1) is 10.9 Å². The molecule has 0 aliphatic carbocycles. The van der Waals surface area contributed by atoms with Gasteiger partial charge >= 0.3 is 5.97 Å². The molecule has 3 atom stereocenters. The summed E-state index contributed by atoms with van der Waals surface area (Å²) in [6, 6.07) is 13.2. The van der Waals surface area contributed by atoms with Crippen LogP contribution in [0.4, 0.5) is 5.69 Å². The number of primary amides is 1. The van der Waals surface area contributed by atoms with Gasteiger partial charge in [-0.3, -0.25) is 19.2 Å². The van der Waals surface area contributed by atoms with E-state index < -0.39 is 41.1 Å². The molecule has 10 heteroatoms. The molecule has 3 amide bonds. The number of carbonyl (C=O) groups is 4. The van der Waals surface area contributed by atoms with Gasteiger partial charge in [-0.1, -0.05) is 41.9 Å². The number of benzene rings is 2. The monoisotopic (exact) mass is 473 g/mol. The van der Waals surface area contributed by atoms with Gasteiger partial charge in [0.25, 0.3) is 11.8 Å². The standard InChI is InChI=1S/C22H20ClN3O5S/c23-13-6-7-14-16(10-13)32-20(12-4-2-1-3-5-12)19(22(30)26(14)11-17(24)27)25-21(29)15-8-9-18(28)31-15/h1-7,10,15,19-20H,8-9,11H2,(H2,24,27)(H,25,29)/t15-,19?,20?/m0/s1. The summed E-state index contributed by atoms with van der Waals surface area (Å²) in [4.78, 5) is 51.7. The number of carbonyl (C=O) groups excluding carboxylic acids is 4. The molecule has 2 aliphatic rings. The summed E-state index contributed by atoms with van der Waals surface area (Å²) in [5.41, 5.74) is 6.70. The Morgan fingerprint density at radius 1 is 1.19 bits per heavy atom. The Morgan fingerprint density at radius 2 is 1.94 bits per heavy atom. The third-order valence-corrected chi connectivity index (χ3v) is 6.83. The Kier molecular flexibility index (Phi) is 6.38. The van der Waals surface area contributed by atoms with Gasteiger partial charge in [-0.2, -0.15) is 0 Å². The van der Waals surface area contributed by atoms with E-state index in [0.717, 1.165) is 5.56 Å². The van der Waals surface area contributed by atoms with Crippen LogP contribution in [0.3, 0.4) is 0 Å². The minimum Gasteiger partial charge on any atom is -0.452 e. The van der Waals surface area contributed by atoms with Gasteiger partial charge < -0.3 is 20.7 Å². The number of esters is 1. The normalized spacial score (nSPS) is 22.7. The number of rotatable bonds is 5. The number of thioether (sulfide) groups is 1. The van der Waals surface area contributed by atoms with Crippen LogP contribution < -0.4 is 16.0 Å². The van der Waals surface area contributed by atoms with E-state index >= 15 is 0 Å². The molecular weight excluding hydrogens is 454 g/mol. The van der Waals surface area contributed by atoms with Gasteiger partial charge in [0, 0.05) is 22.8 Å². The molecule has 2 aromatic rings. The summed E-state index contributed by atoms with van der Waals surface area (Å²) in [6.07, 6.45) is -0.567. The molecule has 0 radical (unpaired) electrons. The number of nitrogens with two attached hydrogens (primary N) is 1. The zero-order valence-corrected chi connectivity index (χ0v) is 18.4. The van der Waals surface area contributed by atoms with Crippen molar-refractivity contribution in [1.29, 1.82) is 0 Å². The van der Waals surface area contributed by atoms with Gasteiger partial charge in [-0.05, 0) is 23.8 Å². The van der Waals surface area contributed by atoms with Crippen LogP contribution in [0.1, 0.15) is 23.7 Å². The molecule has 32 heavy (non-hydrogen) atoms. The average molecular weight is 474 g/mol. The summed E-state index contributed by atoms with van der Waals surface area (Å²) in [6.45, 7) is -0.361. The lowest BCUT2D eigenvalue weighted by atomic mass is 10.0. The Labute approximate surface area is 193 Å². The van der Waals surface area contributed by atoms with Crippen molar-refractivity contribution < 1.29 is 23.9 Å². The molecular formula is C22H20ClN3O5S. The molecule has 1 saturated heterocycles. The molecule has 0 spiro atoms. The number of halogens is 1. The van der Waals surface area contributed by atoms with Crippen molar-refractivity contribution in [3.63, 3.8) is 0 Å². The molecule has 2 heterocycles. The Hall–Kier alpha value is -3.04. The van der Waals surface area contributed by atoms with E-state index in [1.807, 2.05) is 30.3 Å². The third kappa shape index (κ3) is 4.58. The zero-order valence-electron chi connectivity index (χ0n) is 16.8. The first-order valence-electron chi connectivity index (χ1n) is 9.94. The Bertz CT molecular complexity index is 1080. The minimum absolute atomic E-state index is 0.144. The molecule has 8 nitrogen and oxygen atoms in total. The Balaban J connectivity index is 1.77. The number of amides is 3. The van der Waals surface area contributed by atoms with Crippen LogP contribution in [0.2, 0.25) is 5.02 Å². The number of hydrogen-bond donors (Lipinski definition) is 2. The quantitative estimate of drug-likeness (QED) is 0.642. The fourth-order valence-electron chi connectivity index (χ4n) is 3.74. The van der Waals surface area contributed by atoms with E-state index in [0.29, 0.717) is 15.6 Å². The van der Waals surface area contributed by atoms with Crippen LogP contribution in [-0.4, -0.2) is 42.4 Å². The molecule has 4 rings (SSSR count). The maximum Gasteiger partial charge on any atom is 0.306 e. The van der Waals surface area contributed by atoms with E-state index in [9.17, 15) is 19.2 Å². The van der Waals surface area contributed by atoms with Crippen molar-refractivity contribution in [3.05, 3.63) is 59.1 Å². The van der Waals surface area contributed by atoms with Crippen LogP contribution >= 0.6 is 23.4 Å². The predicted octanol–water partition coefficient (Wildman–Crippen LogP) is 2.20. The number of nitrogens with zero attached hydrogens (tertiary/aromatic N) is 1. The highest BCUT2D eigenvalue weighted by molar-refractivity contribution is 7.99. The summed E-state index contributed by atoms with van der Waals surface area (Å²) in [5, 5.41) is 2.70. The fraction of sp³-hybridized carbons (Fsp3) is 0.273. The van der Waals surface area contributed by atoms with Gasteiger partial charge in [-0.25, -0.2) is 0 Å². The smallest absolute Gasteiger partial charge is 0.306 e. The molecule has 2 unspecified atom stereocenters. The van der Waals surface area contributed by atoms with E-state index in [-0.39, 0.29) is 19.4 Å². The SMILES string of the molecule is NC(=O)CN1C(=O)C(NC(=O)[C@@H]2CCC(=O)O2)C(c2ccccc2)Sc2cc(Cl)ccc21. The summed E-state index contributed by atoms with van der Waals surface area (Å²) < 4.78 is 5.07. The first-order chi connectivity index (χ1) is 15.3. The highest BCUT2D eigenvalue weighted by atomic mass is 35.5. The van der Waals surface area contributed by atoms with E-state index in [1.54, 1.807) is 18.2 Å². The highest BCUT2D eigenvalue weighted by Crippen LogP contribution is 2.46. The van der Waals surface area contributed by atoms with Crippen molar-refractivity contribution in [3.8, 4) is 0 Å². The summed E-state index contributed by atoms with van der Waals surface area (Å²) in [5.74, 6) is -2.21. The number of ether oxygens (including phenoxy) is 1. The second-order valence-electron chi connectivity index (χ2n) is 7.46. The highest BCUT2D eigenvalue weighted by Gasteiger charge is 2.42. The van der Waals surface area contributed by atoms with Gasteiger partial charge in [-0.15, -0.1) is 11.8 Å². The van der Waals surface area contributed by atoms with Crippen molar-refractivity contribution in [2.24, 2.45) is 5.73 Å². The lowest BCUT2D eigenvalue weighted by molar-refractivity contribution is -0.148. The first-order valence-corrected chi connectivity index (χ1v) is 11.2. The second-order valence-corrected chi connectivity index (χ2v) is 9.08. The van der Waals surface area contributed by atoms with Gasteiger partial charge in [0.2, 0.25) is 5.91 Å². The molecule has 0 aromatic heterocycles. The van der Waals surface area contributed by atoms with Crippen molar-refractivity contribution in [2.45, 2.75) is 35.1 Å². The molecule has 166 valence electrons. The fourth-order valence-corrected chi connectivity index (χ4v) is 5.36. The van der Waals surface area contributed by atoms with E-state index in [1.165, 1.54) is 16.7 Å². The van der Waals surface area contributed by atoms with Crippen LogP contribution in [0.5, 0.6) is 0 Å². The lowest BCUT2D eigenvalue weighted by Crippen LogP contribution is -2.54. The molecule has 2 aromatic carbocycles. The second kappa shape index (κ2) is 9.22. The molecule has 0 bridgehead atoms. The largest absolute Gasteiger partial charge is 0.452 e. The number of cyclic esters (lactones) is 1. The average Bonchev–Trinajstić information content (AvgIpc) is 3.17. The molecule has 0 saturated carbocycles. The van der Waals surface area contributed by atoms with Crippen LogP contribution in [0.15, 0.2) is 53.4 Å².